The van der Waals surface area contributed by atoms with Crippen LogP contribution in [0.2, 0.25) is 0 Å². The van der Waals surface area contributed by atoms with Crippen LogP contribution in [-0.4, -0.2) is 23.1 Å². The molecule has 2 aromatic carbocycles. The van der Waals surface area contributed by atoms with Gasteiger partial charge in [0.15, 0.2) is 0 Å². The molecule has 0 aliphatic carbocycles. The van der Waals surface area contributed by atoms with Gasteiger partial charge in [-0.3, -0.25) is 15.1 Å². The number of benzene rings is 2. The van der Waals surface area contributed by atoms with Crippen LogP contribution in [0.15, 0.2) is 60.7 Å². The van der Waals surface area contributed by atoms with E-state index in [4.69, 9.17) is 0 Å². The minimum Gasteiger partial charge on any atom is -0.291 e. The van der Waals surface area contributed by atoms with E-state index >= 15 is 0 Å². The zero-order chi connectivity index (χ0) is 16.2. The number of anilines is 1. The van der Waals surface area contributed by atoms with Gasteiger partial charge in [0.25, 0.3) is 0 Å². The van der Waals surface area contributed by atoms with Gasteiger partial charge in [-0.05, 0) is 24.6 Å². The van der Waals surface area contributed by atoms with Crippen LogP contribution in [-0.2, 0) is 11.3 Å². The Bertz CT molecular complexity index is 644. The van der Waals surface area contributed by atoms with Crippen LogP contribution >= 0.6 is 0 Å². The maximum Gasteiger partial charge on any atom is 0.239 e. The van der Waals surface area contributed by atoms with E-state index in [-0.39, 0.29) is 18.1 Å². The van der Waals surface area contributed by atoms with Gasteiger partial charge < -0.3 is 0 Å². The Hall–Kier alpha value is -2.33. The highest BCUT2D eigenvalue weighted by Crippen LogP contribution is 2.29. The molecule has 2 aromatic rings. The Morgan fingerprint density at radius 2 is 1.70 bits per heavy atom. The maximum atomic E-state index is 12.2. The summed E-state index contributed by atoms with van der Waals surface area (Å²) in [5.74, 6) is 0.0590. The van der Waals surface area contributed by atoms with E-state index in [1.165, 1.54) is 5.56 Å². The molecule has 0 spiro atoms. The first-order valence-corrected chi connectivity index (χ1v) is 8.08. The first-order chi connectivity index (χ1) is 11.2. The van der Waals surface area contributed by atoms with Gasteiger partial charge in [-0.15, -0.1) is 0 Å². The van der Waals surface area contributed by atoms with Gasteiger partial charge in [-0.25, -0.2) is 5.01 Å². The SMILES string of the molecule is CC(=O)N1[C@H](NCc2ccccc2)C[C@H](C)N1c1ccccc1. The van der Waals surface area contributed by atoms with Crippen molar-refractivity contribution < 1.29 is 4.79 Å². The molecule has 1 aliphatic heterocycles. The first-order valence-electron chi connectivity index (χ1n) is 8.08. The summed E-state index contributed by atoms with van der Waals surface area (Å²) in [6, 6.07) is 20.6. The summed E-state index contributed by atoms with van der Waals surface area (Å²) >= 11 is 0. The average Bonchev–Trinajstić information content (AvgIpc) is 2.91. The number of hydrazine groups is 1. The minimum atomic E-state index is 0.0166. The lowest BCUT2D eigenvalue weighted by molar-refractivity contribution is -0.131. The van der Waals surface area contributed by atoms with Crippen molar-refractivity contribution in [3.63, 3.8) is 0 Å². The van der Waals surface area contributed by atoms with Crippen LogP contribution < -0.4 is 10.3 Å². The number of amides is 1. The molecule has 1 aliphatic rings. The van der Waals surface area contributed by atoms with Gasteiger partial charge in [0, 0.05) is 19.9 Å². The second kappa shape index (κ2) is 6.84. The third kappa shape index (κ3) is 3.37. The fraction of sp³-hybridized carbons (Fsp3) is 0.316. The molecular weight excluding hydrogens is 286 g/mol. The number of nitrogens with zero attached hydrogens (tertiary/aromatic N) is 2. The molecule has 0 bridgehead atoms. The molecule has 0 radical (unpaired) electrons. The Labute approximate surface area is 137 Å². The van der Waals surface area contributed by atoms with E-state index in [2.05, 4.69) is 29.4 Å². The molecule has 2 atom stereocenters. The molecule has 1 amide bonds. The van der Waals surface area contributed by atoms with Gasteiger partial charge >= 0.3 is 0 Å². The topological polar surface area (TPSA) is 35.6 Å². The van der Waals surface area contributed by atoms with Crippen LogP contribution in [0.3, 0.4) is 0 Å². The summed E-state index contributed by atoms with van der Waals surface area (Å²) in [5, 5.41) is 7.48. The molecule has 0 aromatic heterocycles. The smallest absolute Gasteiger partial charge is 0.239 e. The quantitative estimate of drug-likeness (QED) is 0.942. The Morgan fingerprint density at radius 3 is 2.30 bits per heavy atom. The second-order valence-corrected chi connectivity index (χ2v) is 6.01. The van der Waals surface area contributed by atoms with Crippen molar-refractivity contribution in [1.82, 2.24) is 10.3 Å². The van der Waals surface area contributed by atoms with E-state index in [0.717, 1.165) is 18.7 Å². The third-order valence-corrected chi connectivity index (χ3v) is 4.24. The van der Waals surface area contributed by atoms with E-state index in [9.17, 15) is 4.79 Å². The van der Waals surface area contributed by atoms with E-state index in [0.29, 0.717) is 0 Å². The zero-order valence-corrected chi connectivity index (χ0v) is 13.6. The van der Waals surface area contributed by atoms with E-state index < -0.39 is 0 Å². The molecule has 1 N–H and O–H groups in total. The Morgan fingerprint density at radius 1 is 1.09 bits per heavy atom. The number of carbonyl (C=O) groups is 1. The Kier molecular flexibility index (Phi) is 4.63. The maximum absolute atomic E-state index is 12.2. The third-order valence-electron chi connectivity index (χ3n) is 4.24. The lowest BCUT2D eigenvalue weighted by atomic mass is 10.2. The number of para-hydroxylation sites is 1. The fourth-order valence-corrected chi connectivity index (χ4v) is 3.22. The molecule has 4 heteroatoms. The highest BCUT2D eigenvalue weighted by molar-refractivity contribution is 5.76. The predicted octanol–water partition coefficient (Wildman–Crippen LogP) is 3.16. The van der Waals surface area contributed by atoms with Crippen LogP contribution in [0.25, 0.3) is 0 Å². The molecule has 1 saturated heterocycles. The van der Waals surface area contributed by atoms with E-state index in [1.54, 1.807) is 6.92 Å². The van der Waals surface area contributed by atoms with Crippen LogP contribution in [0.4, 0.5) is 5.69 Å². The monoisotopic (exact) mass is 309 g/mol. The summed E-state index contributed by atoms with van der Waals surface area (Å²) < 4.78 is 0. The molecule has 3 rings (SSSR count). The van der Waals surface area contributed by atoms with Crippen LogP contribution in [0, 0.1) is 0 Å². The van der Waals surface area contributed by atoms with Crippen molar-refractivity contribution in [3.05, 3.63) is 66.2 Å². The predicted molar refractivity (Wildman–Crippen MR) is 92.6 cm³/mol. The van der Waals surface area contributed by atoms with Crippen molar-refractivity contribution in [2.45, 2.75) is 39.0 Å². The first kappa shape index (κ1) is 15.6. The van der Waals surface area contributed by atoms with Crippen molar-refractivity contribution >= 4 is 11.6 Å². The summed E-state index contributed by atoms with van der Waals surface area (Å²) in [6.45, 7) is 4.54. The van der Waals surface area contributed by atoms with Crippen molar-refractivity contribution in [2.24, 2.45) is 0 Å². The van der Waals surface area contributed by atoms with E-state index in [1.807, 2.05) is 53.5 Å². The average molecular weight is 309 g/mol. The molecule has 0 saturated carbocycles. The molecule has 1 heterocycles. The fourth-order valence-electron chi connectivity index (χ4n) is 3.22. The van der Waals surface area contributed by atoms with Crippen molar-refractivity contribution in [3.8, 4) is 0 Å². The highest BCUT2D eigenvalue weighted by atomic mass is 16.2. The summed E-state index contributed by atoms with van der Waals surface area (Å²) in [4.78, 5) is 12.2. The summed E-state index contributed by atoms with van der Waals surface area (Å²) in [6.07, 6.45) is 0.921. The molecule has 1 fully saturated rings. The van der Waals surface area contributed by atoms with Gasteiger partial charge in [0.1, 0.15) is 6.17 Å². The molecule has 120 valence electrons. The van der Waals surface area contributed by atoms with Gasteiger partial charge in [-0.2, -0.15) is 0 Å². The lowest BCUT2D eigenvalue weighted by Crippen LogP contribution is -2.50. The highest BCUT2D eigenvalue weighted by Gasteiger charge is 2.38. The minimum absolute atomic E-state index is 0.0166. The standard InChI is InChI=1S/C19H23N3O/c1-15-13-19(20-14-17-9-5-3-6-10-17)22(16(2)23)21(15)18-11-7-4-8-12-18/h3-12,15,19-20H,13-14H2,1-2H3/t15-,19-/m0/s1. The summed E-state index contributed by atoms with van der Waals surface area (Å²) in [5.41, 5.74) is 2.28. The van der Waals surface area contributed by atoms with Gasteiger partial charge in [0.05, 0.1) is 11.7 Å². The van der Waals surface area contributed by atoms with Crippen LogP contribution in [0.5, 0.6) is 0 Å². The number of hydrogen-bond acceptors (Lipinski definition) is 3. The van der Waals surface area contributed by atoms with Crippen molar-refractivity contribution in [1.29, 1.82) is 0 Å². The number of nitrogens with one attached hydrogen (secondary N) is 1. The Balaban J connectivity index is 1.77. The molecular formula is C19H23N3O. The lowest BCUT2D eigenvalue weighted by Gasteiger charge is -2.35. The van der Waals surface area contributed by atoms with Gasteiger partial charge in [0.2, 0.25) is 5.91 Å². The largest absolute Gasteiger partial charge is 0.291 e. The van der Waals surface area contributed by atoms with Crippen molar-refractivity contribution in [2.75, 3.05) is 5.01 Å². The number of hydrogen-bond donors (Lipinski definition) is 1. The zero-order valence-electron chi connectivity index (χ0n) is 13.6. The summed E-state index contributed by atoms with van der Waals surface area (Å²) in [7, 11) is 0. The number of rotatable bonds is 4. The van der Waals surface area contributed by atoms with Crippen LogP contribution in [0.1, 0.15) is 25.8 Å². The normalized spacial score (nSPS) is 20.8. The van der Waals surface area contributed by atoms with Gasteiger partial charge in [-0.1, -0.05) is 48.5 Å². The molecule has 4 nitrogen and oxygen atoms in total. The molecule has 23 heavy (non-hydrogen) atoms. The second-order valence-electron chi connectivity index (χ2n) is 6.01. The molecule has 0 unspecified atom stereocenters. The number of carbonyl (C=O) groups excluding carboxylic acids is 1.